The molecule has 1 fully saturated rings. The normalized spacial score (nSPS) is 21.7. The molecule has 0 saturated carbocycles. The molecule has 0 unspecified atom stereocenters. The van der Waals surface area contributed by atoms with Gasteiger partial charge in [-0.05, 0) is 23.6 Å². The molecule has 3 heteroatoms. The molecule has 2 aliphatic heterocycles. The molecule has 1 spiro atoms. The Labute approximate surface area is 120 Å². The van der Waals surface area contributed by atoms with Crippen LogP contribution in [-0.2, 0) is 6.42 Å². The van der Waals surface area contributed by atoms with E-state index >= 15 is 0 Å². The first-order valence-electron chi connectivity index (χ1n) is 7.26. The van der Waals surface area contributed by atoms with Crippen molar-refractivity contribution in [2.24, 2.45) is 5.92 Å². The molecule has 0 N–H and O–H groups in total. The highest BCUT2D eigenvalue weighted by atomic mass is 35.5. The van der Waals surface area contributed by atoms with Crippen molar-refractivity contribution in [2.45, 2.75) is 38.7 Å². The first kappa shape index (κ1) is 13.3. The lowest BCUT2D eigenvalue weighted by molar-refractivity contribution is 0.0163. The van der Waals surface area contributed by atoms with Crippen molar-refractivity contribution in [3.8, 4) is 5.75 Å². The largest absolute Gasteiger partial charge is 0.486 e. The molecule has 2 aliphatic rings. The van der Waals surface area contributed by atoms with E-state index in [1.807, 2.05) is 12.1 Å². The molecule has 1 aromatic rings. The van der Waals surface area contributed by atoms with Crippen molar-refractivity contribution in [1.29, 1.82) is 0 Å². The van der Waals surface area contributed by atoms with Crippen LogP contribution < -0.4 is 4.74 Å². The van der Waals surface area contributed by atoms with Gasteiger partial charge < -0.3 is 9.64 Å². The summed E-state index contributed by atoms with van der Waals surface area (Å²) in [5.41, 5.74) is 1.36. The zero-order chi connectivity index (χ0) is 13.5. The predicted molar refractivity (Wildman–Crippen MR) is 79.0 cm³/mol. The Morgan fingerprint density at radius 2 is 2.05 bits per heavy atom. The quantitative estimate of drug-likeness (QED) is 0.817. The maximum atomic E-state index is 6.26. The lowest BCUT2D eigenvalue weighted by Gasteiger charge is -2.39. The zero-order valence-electron chi connectivity index (χ0n) is 11.8. The van der Waals surface area contributed by atoms with Crippen LogP contribution in [0.15, 0.2) is 18.2 Å². The molecule has 0 bridgehead atoms. The van der Waals surface area contributed by atoms with Crippen molar-refractivity contribution in [3.63, 3.8) is 0 Å². The smallest absolute Gasteiger partial charge is 0.124 e. The topological polar surface area (TPSA) is 12.5 Å². The third kappa shape index (κ3) is 2.75. The van der Waals surface area contributed by atoms with Crippen LogP contribution in [0, 0.1) is 5.92 Å². The van der Waals surface area contributed by atoms with Gasteiger partial charge in [-0.25, -0.2) is 0 Å². The summed E-state index contributed by atoms with van der Waals surface area (Å²) in [4.78, 5) is 2.56. The van der Waals surface area contributed by atoms with Crippen LogP contribution in [0.3, 0.4) is 0 Å². The monoisotopic (exact) mass is 279 g/mol. The number of rotatable bonds is 2. The van der Waals surface area contributed by atoms with Gasteiger partial charge in [0.2, 0.25) is 0 Å². The van der Waals surface area contributed by atoms with Gasteiger partial charge in [-0.2, -0.15) is 0 Å². The Hall–Kier alpha value is -0.730. The summed E-state index contributed by atoms with van der Waals surface area (Å²) in [6.45, 7) is 8.08. The summed E-state index contributed by atoms with van der Waals surface area (Å²) in [6.07, 6.45) is 3.31. The molecule has 1 saturated heterocycles. The SMILES string of the molecule is CC(C)CN1CCC2(CC1)Cc1ccc(Cl)cc1O2. The average molecular weight is 280 g/mol. The van der Waals surface area contributed by atoms with E-state index in [4.69, 9.17) is 16.3 Å². The number of hydrogen-bond acceptors (Lipinski definition) is 2. The van der Waals surface area contributed by atoms with Crippen molar-refractivity contribution >= 4 is 11.6 Å². The maximum Gasteiger partial charge on any atom is 0.124 e. The molecule has 0 radical (unpaired) electrons. The van der Waals surface area contributed by atoms with E-state index in [0.717, 1.165) is 49.0 Å². The van der Waals surface area contributed by atoms with Gasteiger partial charge in [-0.1, -0.05) is 31.5 Å². The first-order valence-corrected chi connectivity index (χ1v) is 7.64. The summed E-state index contributed by atoms with van der Waals surface area (Å²) in [7, 11) is 0. The van der Waals surface area contributed by atoms with Crippen LogP contribution in [0.4, 0.5) is 0 Å². The van der Waals surface area contributed by atoms with Crippen molar-refractivity contribution in [1.82, 2.24) is 4.90 Å². The number of piperidine rings is 1. The van der Waals surface area contributed by atoms with Crippen molar-refractivity contribution in [2.75, 3.05) is 19.6 Å². The van der Waals surface area contributed by atoms with E-state index in [2.05, 4.69) is 24.8 Å². The molecule has 2 heterocycles. The Morgan fingerprint density at radius 3 is 2.74 bits per heavy atom. The van der Waals surface area contributed by atoms with Gasteiger partial charge in [0.1, 0.15) is 11.4 Å². The predicted octanol–water partition coefficient (Wildman–Crippen LogP) is 3.77. The number of ether oxygens (including phenoxy) is 1. The van der Waals surface area contributed by atoms with Gasteiger partial charge in [0, 0.05) is 43.9 Å². The summed E-state index contributed by atoms with van der Waals surface area (Å²) in [5, 5.41) is 0.771. The Kier molecular flexibility index (Phi) is 3.48. The van der Waals surface area contributed by atoms with Gasteiger partial charge in [0.15, 0.2) is 0 Å². The minimum absolute atomic E-state index is 0.0422. The Morgan fingerprint density at radius 1 is 1.32 bits per heavy atom. The third-order valence-corrected chi connectivity index (χ3v) is 4.49. The molecular formula is C16H22ClNO. The van der Waals surface area contributed by atoms with E-state index in [9.17, 15) is 0 Å². The molecule has 0 amide bonds. The number of fused-ring (bicyclic) bond motifs is 1. The summed E-state index contributed by atoms with van der Waals surface area (Å²) >= 11 is 6.04. The van der Waals surface area contributed by atoms with E-state index in [1.165, 1.54) is 12.1 Å². The summed E-state index contributed by atoms with van der Waals surface area (Å²) in [5.74, 6) is 1.75. The van der Waals surface area contributed by atoms with Gasteiger partial charge >= 0.3 is 0 Å². The van der Waals surface area contributed by atoms with Gasteiger partial charge in [0.25, 0.3) is 0 Å². The first-order chi connectivity index (χ1) is 9.06. The molecule has 19 heavy (non-hydrogen) atoms. The summed E-state index contributed by atoms with van der Waals surface area (Å²) in [6, 6.07) is 6.05. The van der Waals surface area contributed by atoms with Crippen LogP contribution in [-0.4, -0.2) is 30.1 Å². The second-order valence-electron chi connectivity index (χ2n) is 6.41. The number of nitrogens with zero attached hydrogens (tertiary/aromatic N) is 1. The van der Waals surface area contributed by atoms with Gasteiger partial charge in [-0.15, -0.1) is 0 Å². The van der Waals surface area contributed by atoms with Crippen molar-refractivity contribution in [3.05, 3.63) is 28.8 Å². The van der Waals surface area contributed by atoms with Crippen LogP contribution >= 0.6 is 11.6 Å². The Balaban J connectivity index is 1.66. The fraction of sp³-hybridized carbons (Fsp3) is 0.625. The molecule has 1 aromatic carbocycles. The average Bonchev–Trinajstić information content (AvgIpc) is 2.69. The molecule has 3 rings (SSSR count). The van der Waals surface area contributed by atoms with Crippen LogP contribution in [0.25, 0.3) is 0 Å². The molecule has 2 nitrogen and oxygen atoms in total. The fourth-order valence-corrected chi connectivity index (χ4v) is 3.49. The number of halogens is 1. The number of likely N-dealkylation sites (tertiary alicyclic amines) is 1. The fourth-order valence-electron chi connectivity index (χ4n) is 3.32. The lowest BCUT2D eigenvalue weighted by Crippen LogP contribution is -2.48. The minimum Gasteiger partial charge on any atom is -0.486 e. The molecule has 0 aromatic heterocycles. The second kappa shape index (κ2) is 4.99. The van der Waals surface area contributed by atoms with Crippen LogP contribution in [0.5, 0.6) is 5.75 Å². The van der Waals surface area contributed by atoms with Crippen molar-refractivity contribution < 1.29 is 4.74 Å². The number of hydrogen-bond donors (Lipinski definition) is 0. The van der Waals surface area contributed by atoms with E-state index in [-0.39, 0.29) is 5.60 Å². The highest BCUT2D eigenvalue weighted by Gasteiger charge is 2.41. The maximum absolute atomic E-state index is 6.26. The summed E-state index contributed by atoms with van der Waals surface area (Å²) < 4.78 is 6.26. The van der Waals surface area contributed by atoms with Gasteiger partial charge in [0.05, 0.1) is 0 Å². The van der Waals surface area contributed by atoms with E-state index < -0.39 is 0 Å². The van der Waals surface area contributed by atoms with Gasteiger partial charge in [-0.3, -0.25) is 0 Å². The highest BCUT2D eigenvalue weighted by Crippen LogP contribution is 2.42. The van der Waals surface area contributed by atoms with E-state index in [0.29, 0.717) is 0 Å². The van der Waals surface area contributed by atoms with Crippen LogP contribution in [0.2, 0.25) is 5.02 Å². The molecular weight excluding hydrogens is 258 g/mol. The lowest BCUT2D eigenvalue weighted by atomic mass is 9.87. The van der Waals surface area contributed by atoms with Crippen LogP contribution in [0.1, 0.15) is 32.3 Å². The Bertz CT molecular complexity index is 464. The molecule has 104 valence electrons. The standard InChI is InChI=1S/C16H22ClNO/c1-12(2)11-18-7-5-16(6-8-18)10-13-3-4-14(17)9-15(13)19-16/h3-4,9,12H,5-8,10-11H2,1-2H3. The number of benzene rings is 1. The molecule has 0 atom stereocenters. The molecule has 0 aliphatic carbocycles. The second-order valence-corrected chi connectivity index (χ2v) is 6.84. The minimum atomic E-state index is 0.0422. The third-order valence-electron chi connectivity index (χ3n) is 4.26. The van der Waals surface area contributed by atoms with E-state index in [1.54, 1.807) is 0 Å². The zero-order valence-corrected chi connectivity index (χ0v) is 12.5. The highest BCUT2D eigenvalue weighted by molar-refractivity contribution is 6.30.